The highest BCUT2D eigenvalue weighted by Crippen LogP contribution is 2.27. The second-order valence-electron chi connectivity index (χ2n) is 3.99. The predicted octanol–water partition coefficient (Wildman–Crippen LogP) is 2.63. The molecule has 2 nitrogen and oxygen atoms in total. The molecule has 2 heteroatoms. The van der Waals surface area contributed by atoms with E-state index in [1.807, 2.05) is 6.07 Å². The van der Waals surface area contributed by atoms with Crippen molar-refractivity contribution >= 4 is 0 Å². The third-order valence-electron chi connectivity index (χ3n) is 2.89. The number of hydrogen-bond acceptors (Lipinski definition) is 2. The Kier molecular flexibility index (Phi) is 2.95. The van der Waals surface area contributed by atoms with Gasteiger partial charge in [0, 0.05) is 19.5 Å². The number of allylic oxidation sites excluding steroid dienone is 1. The van der Waals surface area contributed by atoms with Crippen LogP contribution in [0.15, 0.2) is 36.5 Å². The molecule has 0 radical (unpaired) electrons. The molecule has 0 unspecified atom stereocenters. The molecule has 0 amide bonds. The van der Waals surface area contributed by atoms with E-state index in [9.17, 15) is 0 Å². The van der Waals surface area contributed by atoms with Gasteiger partial charge in [-0.15, -0.1) is 0 Å². The second kappa shape index (κ2) is 4.39. The maximum Gasteiger partial charge on any atom is 0.119 e. The molecule has 0 spiro atoms. The molecule has 0 bridgehead atoms. The fourth-order valence-electron chi connectivity index (χ4n) is 1.91. The maximum atomic E-state index is 5.23. The molecule has 0 N–H and O–H groups in total. The van der Waals surface area contributed by atoms with E-state index in [4.69, 9.17) is 4.74 Å². The molecule has 0 aliphatic carbocycles. The minimum Gasteiger partial charge on any atom is -0.497 e. The quantitative estimate of drug-likeness (QED) is 0.732. The molecule has 0 saturated heterocycles. The van der Waals surface area contributed by atoms with Crippen LogP contribution >= 0.6 is 0 Å². The molecule has 1 aliphatic heterocycles. The van der Waals surface area contributed by atoms with Crippen molar-refractivity contribution in [3.05, 3.63) is 42.1 Å². The Hall–Kier alpha value is -1.44. The van der Waals surface area contributed by atoms with Gasteiger partial charge in [-0.2, -0.15) is 0 Å². The summed E-state index contributed by atoms with van der Waals surface area (Å²) in [5.74, 6) is 1.48. The SMILES string of the molecule is COc1cccc([C@H]2C=CN(C)CC2)c1. The average Bonchev–Trinajstić information content (AvgIpc) is 2.30. The maximum absolute atomic E-state index is 5.23. The van der Waals surface area contributed by atoms with Gasteiger partial charge in [0.05, 0.1) is 7.11 Å². The first-order valence-electron chi connectivity index (χ1n) is 5.32. The molecular weight excluding hydrogens is 186 g/mol. The van der Waals surface area contributed by atoms with Crippen molar-refractivity contribution in [2.45, 2.75) is 12.3 Å². The van der Waals surface area contributed by atoms with Crippen LogP contribution in [0.25, 0.3) is 0 Å². The Labute approximate surface area is 91.2 Å². The van der Waals surface area contributed by atoms with Crippen LogP contribution in [-0.2, 0) is 0 Å². The van der Waals surface area contributed by atoms with E-state index in [-0.39, 0.29) is 0 Å². The highest BCUT2D eigenvalue weighted by atomic mass is 16.5. The standard InChI is InChI=1S/C13H17NO/c1-14-8-6-11(7-9-14)12-4-3-5-13(10-12)15-2/h3-6,8,10-11H,7,9H2,1-2H3/t11-/m0/s1. The minimum atomic E-state index is 0.538. The summed E-state index contributed by atoms with van der Waals surface area (Å²) in [6.45, 7) is 1.12. The average molecular weight is 203 g/mol. The Morgan fingerprint density at radius 1 is 1.40 bits per heavy atom. The smallest absolute Gasteiger partial charge is 0.119 e. The molecule has 0 fully saturated rings. The number of ether oxygens (including phenoxy) is 1. The largest absolute Gasteiger partial charge is 0.497 e. The number of nitrogens with zero attached hydrogens (tertiary/aromatic N) is 1. The van der Waals surface area contributed by atoms with Gasteiger partial charge in [-0.3, -0.25) is 0 Å². The molecule has 0 aromatic heterocycles. The Balaban J connectivity index is 2.18. The van der Waals surface area contributed by atoms with Crippen molar-refractivity contribution in [3.8, 4) is 5.75 Å². The van der Waals surface area contributed by atoms with Gasteiger partial charge in [0.2, 0.25) is 0 Å². The molecular formula is C13H17NO. The van der Waals surface area contributed by atoms with Crippen LogP contribution in [0.5, 0.6) is 5.75 Å². The first-order valence-corrected chi connectivity index (χ1v) is 5.32. The summed E-state index contributed by atoms with van der Waals surface area (Å²) in [4.78, 5) is 2.22. The molecule has 0 saturated carbocycles. The molecule has 80 valence electrons. The molecule has 1 aromatic carbocycles. The Bertz CT molecular complexity index is 359. The first kappa shape index (κ1) is 10.1. The van der Waals surface area contributed by atoms with E-state index in [1.54, 1.807) is 7.11 Å². The molecule has 1 atom stereocenters. The van der Waals surface area contributed by atoms with Crippen LogP contribution in [0.3, 0.4) is 0 Å². The monoisotopic (exact) mass is 203 g/mol. The van der Waals surface area contributed by atoms with Gasteiger partial charge >= 0.3 is 0 Å². The van der Waals surface area contributed by atoms with Crippen molar-refractivity contribution in [3.63, 3.8) is 0 Å². The van der Waals surface area contributed by atoms with Crippen LogP contribution in [0.4, 0.5) is 0 Å². The normalized spacial score (nSPS) is 20.4. The highest BCUT2D eigenvalue weighted by Gasteiger charge is 2.13. The van der Waals surface area contributed by atoms with Crippen molar-refractivity contribution in [2.24, 2.45) is 0 Å². The second-order valence-corrected chi connectivity index (χ2v) is 3.99. The Morgan fingerprint density at radius 2 is 2.27 bits per heavy atom. The number of benzene rings is 1. The van der Waals surface area contributed by atoms with Crippen LogP contribution < -0.4 is 4.74 Å². The summed E-state index contributed by atoms with van der Waals surface area (Å²) in [6.07, 6.45) is 5.60. The summed E-state index contributed by atoms with van der Waals surface area (Å²) in [5, 5.41) is 0. The van der Waals surface area contributed by atoms with Gasteiger partial charge in [-0.25, -0.2) is 0 Å². The van der Waals surface area contributed by atoms with Gasteiger partial charge in [0.25, 0.3) is 0 Å². The van der Waals surface area contributed by atoms with E-state index < -0.39 is 0 Å². The van der Waals surface area contributed by atoms with Gasteiger partial charge in [0.1, 0.15) is 5.75 Å². The van der Waals surface area contributed by atoms with Crippen molar-refractivity contribution in [1.29, 1.82) is 0 Å². The molecule has 2 rings (SSSR count). The molecule has 1 heterocycles. The van der Waals surface area contributed by atoms with Crippen LogP contribution in [0.2, 0.25) is 0 Å². The zero-order chi connectivity index (χ0) is 10.7. The highest BCUT2D eigenvalue weighted by molar-refractivity contribution is 5.33. The lowest BCUT2D eigenvalue weighted by Crippen LogP contribution is -2.19. The van der Waals surface area contributed by atoms with Crippen LogP contribution in [-0.4, -0.2) is 25.6 Å². The predicted molar refractivity (Wildman–Crippen MR) is 62.1 cm³/mol. The third-order valence-corrected chi connectivity index (χ3v) is 2.89. The fraction of sp³-hybridized carbons (Fsp3) is 0.385. The molecule has 1 aliphatic rings. The van der Waals surface area contributed by atoms with Crippen molar-refractivity contribution in [1.82, 2.24) is 4.90 Å². The van der Waals surface area contributed by atoms with Gasteiger partial charge in [0.15, 0.2) is 0 Å². The summed E-state index contributed by atoms with van der Waals surface area (Å²) in [5.41, 5.74) is 1.35. The van der Waals surface area contributed by atoms with E-state index >= 15 is 0 Å². The van der Waals surface area contributed by atoms with Crippen LogP contribution in [0.1, 0.15) is 17.9 Å². The lowest BCUT2D eigenvalue weighted by molar-refractivity contribution is 0.404. The minimum absolute atomic E-state index is 0.538. The first-order chi connectivity index (χ1) is 7.29. The fourth-order valence-corrected chi connectivity index (χ4v) is 1.91. The number of rotatable bonds is 2. The zero-order valence-corrected chi connectivity index (χ0v) is 9.31. The third kappa shape index (κ3) is 2.32. The topological polar surface area (TPSA) is 12.5 Å². The lowest BCUT2D eigenvalue weighted by atomic mass is 9.93. The number of methoxy groups -OCH3 is 1. The van der Waals surface area contributed by atoms with E-state index in [1.165, 1.54) is 12.0 Å². The van der Waals surface area contributed by atoms with Crippen molar-refractivity contribution < 1.29 is 4.74 Å². The Morgan fingerprint density at radius 3 is 2.93 bits per heavy atom. The van der Waals surface area contributed by atoms with Gasteiger partial charge in [-0.05, 0) is 30.3 Å². The van der Waals surface area contributed by atoms with E-state index in [2.05, 4.69) is 42.4 Å². The summed E-state index contributed by atoms with van der Waals surface area (Å²) in [6, 6.07) is 8.34. The summed E-state index contributed by atoms with van der Waals surface area (Å²) in [7, 11) is 3.82. The van der Waals surface area contributed by atoms with E-state index in [0.717, 1.165) is 12.3 Å². The zero-order valence-electron chi connectivity index (χ0n) is 9.31. The van der Waals surface area contributed by atoms with Gasteiger partial charge in [-0.1, -0.05) is 18.2 Å². The molecule has 1 aromatic rings. The van der Waals surface area contributed by atoms with Crippen LogP contribution in [0, 0.1) is 0 Å². The lowest BCUT2D eigenvalue weighted by Gasteiger charge is -2.24. The number of hydrogen-bond donors (Lipinski definition) is 0. The molecule has 15 heavy (non-hydrogen) atoms. The summed E-state index contributed by atoms with van der Waals surface area (Å²) < 4.78 is 5.23. The van der Waals surface area contributed by atoms with Crippen molar-refractivity contribution in [2.75, 3.05) is 20.7 Å². The van der Waals surface area contributed by atoms with E-state index in [0.29, 0.717) is 5.92 Å². The summed E-state index contributed by atoms with van der Waals surface area (Å²) >= 11 is 0. The van der Waals surface area contributed by atoms with Gasteiger partial charge < -0.3 is 9.64 Å².